The van der Waals surface area contributed by atoms with Crippen molar-refractivity contribution >= 4 is 5.91 Å². The van der Waals surface area contributed by atoms with E-state index in [2.05, 4.69) is 19.2 Å². The molecule has 1 aliphatic heterocycles. The number of amides is 1. The molecule has 1 fully saturated rings. The largest absolute Gasteiger partial charge is 0.493 e. The van der Waals surface area contributed by atoms with E-state index in [-0.39, 0.29) is 11.8 Å². The summed E-state index contributed by atoms with van der Waals surface area (Å²) in [7, 11) is 0. The van der Waals surface area contributed by atoms with Crippen LogP contribution in [0.5, 0.6) is 5.75 Å². The van der Waals surface area contributed by atoms with E-state index in [1.54, 1.807) is 0 Å². The molecule has 1 atom stereocenters. The minimum absolute atomic E-state index is 0.0922. The fourth-order valence-corrected chi connectivity index (χ4v) is 2.60. The second-order valence-electron chi connectivity index (χ2n) is 6.55. The van der Waals surface area contributed by atoms with Crippen molar-refractivity contribution in [2.24, 2.45) is 17.6 Å². The maximum absolute atomic E-state index is 12.2. The molecule has 1 aromatic carbocycles. The molecular formula is C18H28N2O3. The van der Waals surface area contributed by atoms with Crippen LogP contribution in [0.4, 0.5) is 0 Å². The summed E-state index contributed by atoms with van der Waals surface area (Å²) < 4.78 is 11.0. The Morgan fingerprint density at radius 3 is 2.83 bits per heavy atom. The maximum atomic E-state index is 12.2. The Hall–Kier alpha value is -1.59. The molecule has 1 amide bonds. The van der Waals surface area contributed by atoms with E-state index in [9.17, 15) is 4.79 Å². The zero-order valence-corrected chi connectivity index (χ0v) is 14.1. The first kappa shape index (κ1) is 17.8. The average Bonchev–Trinajstić information content (AvgIpc) is 2.58. The van der Waals surface area contributed by atoms with Gasteiger partial charge in [-0.2, -0.15) is 0 Å². The summed E-state index contributed by atoms with van der Waals surface area (Å²) in [5.74, 6) is 1.44. The molecule has 3 N–H and O–H groups in total. The third-order valence-electron chi connectivity index (χ3n) is 4.03. The topological polar surface area (TPSA) is 73.6 Å². The average molecular weight is 320 g/mol. The van der Waals surface area contributed by atoms with E-state index in [1.165, 1.54) is 0 Å². The molecular weight excluding hydrogens is 292 g/mol. The van der Waals surface area contributed by atoms with E-state index < -0.39 is 6.04 Å². The van der Waals surface area contributed by atoms with Crippen molar-refractivity contribution in [3.05, 3.63) is 29.8 Å². The molecule has 1 saturated heterocycles. The summed E-state index contributed by atoms with van der Waals surface area (Å²) in [6, 6.07) is 7.35. The van der Waals surface area contributed by atoms with Crippen LogP contribution in [0.3, 0.4) is 0 Å². The van der Waals surface area contributed by atoms with Crippen LogP contribution in [-0.4, -0.2) is 31.8 Å². The van der Waals surface area contributed by atoms with E-state index in [1.807, 2.05) is 24.3 Å². The van der Waals surface area contributed by atoms with E-state index >= 15 is 0 Å². The van der Waals surface area contributed by atoms with Crippen LogP contribution in [0, 0.1) is 11.8 Å². The van der Waals surface area contributed by atoms with Gasteiger partial charge >= 0.3 is 0 Å². The van der Waals surface area contributed by atoms with Gasteiger partial charge in [-0.1, -0.05) is 26.0 Å². The molecule has 1 aromatic rings. The summed E-state index contributed by atoms with van der Waals surface area (Å²) in [6.07, 6.45) is 1.71. The number of carbonyl (C=O) groups excluding carboxylic acids is 1. The van der Waals surface area contributed by atoms with Gasteiger partial charge in [-0.3, -0.25) is 4.79 Å². The molecule has 0 aromatic heterocycles. The van der Waals surface area contributed by atoms with Crippen molar-refractivity contribution in [2.75, 3.05) is 19.8 Å². The molecule has 0 spiro atoms. The summed E-state index contributed by atoms with van der Waals surface area (Å²) in [5, 5.41) is 2.93. The Balaban J connectivity index is 1.82. The normalized spacial score (nSPS) is 17.0. The number of nitrogens with one attached hydrogen (secondary N) is 1. The molecule has 5 heteroatoms. The van der Waals surface area contributed by atoms with Crippen LogP contribution in [0.25, 0.3) is 0 Å². The lowest BCUT2D eigenvalue weighted by Gasteiger charge is -2.26. The van der Waals surface area contributed by atoms with Crippen molar-refractivity contribution in [1.82, 2.24) is 5.32 Å². The molecule has 128 valence electrons. The van der Waals surface area contributed by atoms with Crippen LogP contribution in [0.15, 0.2) is 24.3 Å². The number of carbonyl (C=O) groups is 1. The maximum Gasteiger partial charge on any atom is 0.237 e. The van der Waals surface area contributed by atoms with Gasteiger partial charge in [0.15, 0.2) is 0 Å². The second-order valence-corrected chi connectivity index (χ2v) is 6.55. The van der Waals surface area contributed by atoms with Gasteiger partial charge in [0.05, 0.1) is 12.6 Å². The van der Waals surface area contributed by atoms with Crippen molar-refractivity contribution in [2.45, 2.75) is 39.3 Å². The third-order valence-corrected chi connectivity index (χ3v) is 4.03. The molecule has 1 heterocycles. The van der Waals surface area contributed by atoms with Gasteiger partial charge < -0.3 is 20.5 Å². The monoisotopic (exact) mass is 320 g/mol. The molecule has 1 unspecified atom stereocenters. The van der Waals surface area contributed by atoms with Gasteiger partial charge in [0.1, 0.15) is 5.75 Å². The molecule has 1 aliphatic rings. The lowest BCUT2D eigenvalue weighted by molar-refractivity contribution is -0.124. The van der Waals surface area contributed by atoms with Gasteiger partial charge in [0, 0.05) is 19.8 Å². The lowest BCUT2D eigenvalue weighted by atomic mass is 9.92. The van der Waals surface area contributed by atoms with Gasteiger partial charge in [-0.05, 0) is 42.4 Å². The summed E-state index contributed by atoms with van der Waals surface area (Å²) >= 11 is 0. The van der Waals surface area contributed by atoms with Gasteiger partial charge in [0.2, 0.25) is 5.91 Å². The van der Waals surface area contributed by atoms with Gasteiger partial charge in [-0.15, -0.1) is 0 Å². The molecule has 2 rings (SSSR count). The fourth-order valence-electron chi connectivity index (χ4n) is 2.60. The summed E-state index contributed by atoms with van der Waals surface area (Å²) in [6.45, 7) is 6.77. The zero-order chi connectivity index (χ0) is 16.7. The first-order valence-corrected chi connectivity index (χ1v) is 8.39. The van der Waals surface area contributed by atoms with Crippen molar-refractivity contribution in [3.8, 4) is 5.75 Å². The number of ether oxygens (including phenoxy) is 2. The smallest absolute Gasteiger partial charge is 0.237 e. The van der Waals surface area contributed by atoms with Crippen LogP contribution >= 0.6 is 0 Å². The number of hydrogen-bond acceptors (Lipinski definition) is 4. The Bertz CT molecular complexity index is 499. The van der Waals surface area contributed by atoms with Crippen molar-refractivity contribution < 1.29 is 14.3 Å². The second kappa shape index (κ2) is 8.89. The molecule has 0 bridgehead atoms. The highest BCUT2D eigenvalue weighted by Gasteiger charge is 2.26. The highest BCUT2D eigenvalue weighted by atomic mass is 16.5. The quantitative estimate of drug-likeness (QED) is 0.807. The van der Waals surface area contributed by atoms with Crippen LogP contribution < -0.4 is 15.8 Å². The molecule has 0 aliphatic carbocycles. The molecule has 5 nitrogen and oxygen atoms in total. The SMILES string of the molecule is CC(C)COc1cccc(CNC(=O)C(N)C2CCOCC2)c1. The number of rotatable bonds is 7. The minimum atomic E-state index is -0.459. The predicted octanol–water partition coefficient (Wildman–Crippen LogP) is 2.09. The van der Waals surface area contributed by atoms with Crippen LogP contribution in [0.2, 0.25) is 0 Å². The van der Waals surface area contributed by atoms with Gasteiger partial charge in [0.25, 0.3) is 0 Å². The van der Waals surface area contributed by atoms with E-state index in [4.69, 9.17) is 15.2 Å². The third kappa shape index (κ3) is 5.84. The highest BCUT2D eigenvalue weighted by Crippen LogP contribution is 2.18. The lowest BCUT2D eigenvalue weighted by Crippen LogP contribution is -2.46. The van der Waals surface area contributed by atoms with Crippen LogP contribution in [-0.2, 0) is 16.1 Å². The standard InChI is InChI=1S/C18H28N2O3/c1-13(2)12-23-16-5-3-4-14(10-16)11-20-18(21)17(19)15-6-8-22-9-7-15/h3-5,10,13,15,17H,6-9,11-12,19H2,1-2H3,(H,20,21). The summed E-state index contributed by atoms with van der Waals surface area (Å²) in [4.78, 5) is 12.2. The molecule has 0 saturated carbocycles. The first-order chi connectivity index (χ1) is 11.1. The van der Waals surface area contributed by atoms with E-state index in [0.29, 0.717) is 32.3 Å². The van der Waals surface area contributed by atoms with E-state index in [0.717, 1.165) is 24.2 Å². The fraction of sp³-hybridized carbons (Fsp3) is 0.611. The number of nitrogens with two attached hydrogens (primary N) is 1. The number of benzene rings is 1. The Morgan fingerprint density at radius 1 is 1.39 bits per heavy atom. The van der Waals surface area contributed by atoms with Crippen molar-refractivity contribution in [1.29, 1.82) is 0 Å². The predicted molar refractivity (Wildman–Crippen MR) is 90.1 cm³/mol. The number of hydrogen-bond donors (Lipinski definition) is 2. The zero-order valence-electron chi connectivity index (χ0n) is 14.1. The summed E-state index contributed by atoms with van der Waals surface area (Å²) in [5.41, 5.74) is 7.09. The highest BCUT2D eigenvalue weighted by molar-refractivity contribution is 5.81. The first-order valence-electron chi connectivity index (χ1n) is 8.39. The molecule has 23 heavy (non-hydrogen) atoms. The molecule has 0 radical (unpaired) electrons. The Morgan fingerprint density at radius 2 is 2.13 bits per heavy atom. The minimum Gasteiger partial charge on any atom is -0.493 e. The van der Waals surface area contributed by atoms with Gasteiger partial charge in [-0.25, -0.2) is 0 Å². The van der Waals surface area contributed by atoms with Crippen LogP contribution in [0.1, 0.15) is 32.3 Å². The Labute approximate surface area is 138 Å². The van der Waals surface area contributed by atoms with Crippen molar-refractivity contribution in [3.63, 3.8) is 0 Å². The Kier molecular flexibility index (Phi) is 6.86.